The van der Waals surface area contributed by atoms with Gasteiger partial charge in [0, 0.05) is 30.1 Å². The largest absolute Gasteiger partial charge is 0.452 e. The molecule has 0 spiro atoms. The summed E-state index contributed by atoms with van der Waals surface area (Å²) < 4.78 is 47.5. The van der Waals surface area contributed by atoms with Crippen molar-refractivity contribution in [1.82, 2.24) is 0 Å². The summed E-state index contributed by atoms with van der Waals surface area (Å²) in [7, 11) is 1.36. The molecule has 1 aliphatic heterocycles. The molecule has 1 fully saturated rings. The van der Waals surface area contributed by atoms with Crippen LogP contribution in [0.25, 0.3) is 0 Å². The minimum atomic E-state index is -1.32. The number of rotatable bonds is 10. The summed E-state index contributed by atoms with van der Waals surface area (Å²) in [5, 5.41) is 5.53. The first-order chi connectivity index (χ1) is 20.8. The monoisotopic (exact) mass is 616 g/mol. The molecule has 4 rings (SSSR count). The molecule has 228 valence electrons. The van der Waals surface area contributed by atoms with E-state index in [0.29, 0.717) is 10.7 Å². The van der Waals surface area contributed by atoms with E-state index in [-0.39, 0.29) is 17.9 Å². The lowest BCUT2D eigenvalue weighted by molar-refractivity contribution is -0.302. The van der Waals surface area contributed by atoms with Crippen LogP contribution in [-0.4, -0.2) is 69.2 Å². The number of carbonyl (C=O) groups excluding carboxylic acids is 3. The van der Waals surface area contributed by atoms with Crippen molar-refractivity contribution in [3.8, 4) is 0 Å². The van der Waals surface area contributed by atoms with Gasteiger partial charge in [-0.2, -0.15) is 0 Å². The third-order valence-corrected chi connectivity index (χ3v) is 6.50. The number of halogens is 2. The molecular formula is C30H30ClFN2O9. The Morgan fingerprint density at radius 2 is 1.47 bits per heavy atom. The molecule has 3 aromatic carbocycles. The molecule has 0 radical (unpaired) electrons. The Hall–Kier alpha value is -4.23. The molecule has 1 heterocycles. The van der Waals surface area contributed by atoms with Crippen molar-refractivity contribution >= 4 is 41.1 Å². The smallest absolute Gasteiger partial charge is 0.412 e. The fraction of sp³-hybridized carbons (Fsp3) is 0.300. The zero-order valence-electron chi connectivity index (χ0n) is 23.2. The molecule has 2 N–H and O–H groups in total. The average Bonchev–Trinajstić information content (AvgIpc) is 3.00. The number of ether oxygens (including phenoxy) is 6. The molecule has 1 saturated heterocycles. The van der Waals surface area contributed by atoms with Gasteiger partial charge in [0.15, 0.2) is 18.5 Å². The minimum Gasteiger partial charge on any atom is -0.452 e. The fourth-order valence-corrected chi connectivity index (χ4v) is 4.38. The van der Waals surface area contributed by atoms with Gasteiger partial charge in [-0.15, -0.1) is 0 Å². The number of amides is 2. The van der Waals surface area contributed by atoms with Gasteiger partial charge in [0.2, 0.25) is 0 Å². The van der Waals surface area contributed by atoms with E-state index in [2.05, 4.69) is 10.6 Å². The number of carbonyl (C=O) groups is 3. The maximum atomic E-state index is 13.2. The third kappa shape index (κ3) is 8.88. The third-order valence-electron chi connectivity index (χ3n) is 6.25. The van der Waals surface area contributed by atoms with Crippen LogP contribution in [0.5, 0.6) is 0 Å². The summed E-state index contributed by atoms with van der Waals surface area (Å²) in [5.41, 5.74) is 0.906. The van der Waals surface area contributed by atoms with Gasteiger partial charge in [0.05, 0.1) is 5.56 Å². The summed E-state index contributed by atoms with van der Waals surface area (Å²) >= 11 is 5.93. The summed E-state index contributed by atoms with van der Waals surface area (Å²) in [4.78, 5) is 38.7. The second kappa shape index (κ2) is 15.3. The van der Waals surface area contributed by atoms with Crippen LogP contribution in [0.15, 0.2) is 78.9 Å². The molecule has 43 heavy (non-hydrogen) atoms. The first-order valence-corrected chi connectivity index (χ1v) is 13.6. The lowest BCUT2D eigenvalue weighted by atomic mass is 9.98. The van der Waals surface area contributed by atoms with Crippen molar-refractivity contribution in [2.24, 2.45) is 0 Å². The Bertz CT molecular complexity index is 1360. The molecule has 11 nitrogen and oxygen atoms in total. The molecule has 0 aromatic heterocycles. The van der Waals surface area contributed by atoms with E-state index < -0.39 is 61.3 Å². The maximum Gasteiger partial charge on any atom is 0.412 e. The van der Waals surface area contributed by atoms with Gasteiger partial charge in [-0.1, -0.05) is 29.8 Å². The standard InChI is InChI=1S/C30H30ClFN2O9/c1-3-39-28-26(38-2)25(43-30(37)34-21-13-9-19(31)10-14-21)24(42-27(35)18-7-5-4-6-8-18)23(41-28)17-40-29(36)33-22-15-11-20(32)12-16-22/h4-16,23-26,28H,3,17H2,1-2H3,(H,33,36)(H,34,37)/t23-,24-,25+,26-,28+/m1/s1. The number of benzene rings is 3. The fourth-order valence-electron chi connectivity index (χ4n) is 4.25. The Balaban J connectivity index is 1.58. The van der Waals surface area contributed by atoms with E-state index in [0.717, 1.165) is 0 Å². The average molecular weight is 617 g/mol. The summed E-state index contributed by atoms with van der Waals surface area (Å²) in [6.45, 7) is 1.47. The van der Waals surface area contributed by atoms with Crippen molar-refractivity contribution in [2.45, 2.75) is 37.6 Å². The lowest BCUT2D eigenvalue weighted by Gasteiger charge is -2.44. The van der Waals surface area contributed by atoms with Crippen LogP contribution in [0.1, 0.15) is 17.3 Å². The van der Waals surface area contributed by atoms with Crippen LogP contribution in [0.4, 0.5) is 25.4 Å². The highest BCUT2D eigenvalue weighted by atomic mass is 35.5. The number of anilines is 2. The zero-order valence-corrected chi connectivity index (χ0v) is 24.0. The quantitative estimate of drug-likeness (QED) is 0.219. The second-order valence-electron chi connectivity index (χ2n) is 9.17. The number of nitrogens with one attached hydrogen (secondary N) is 2. The Labute approximate surface area is 252 Å². The number of esters is 1. The topological polar surface area (TPSA) is 131 Å². The van der Waals surface area contributed by atoms with Crippen molar-refractivity contribution in [2.75, 3.05) is 31.0 Å². The van der Waals surface area contributed by atoms with Gasteiger partial charge in [-0.25, -0.2) is 18.8 Å². The zero-order chi connectivity index (χ0) is 30.8. The van der Waals surface area contributed by atoms with Crippen molar-refractivity contribution in [3.05, 3.63) is 95.3 Å². The molecule has 13 heteroatoms. The Morgan fingerprint density at radius 1 is 0.837 bits per heavy atom. The molecule has 5 atom stereocenters. The number of hydrogen-bond acceptors (Lipinski definition) is 9. The van der Waals surface area contributed by atoms with E-state index in [1.807, 2.05) is 0 Å². The Morgan fingerprint density at radius 3 is 2.09 bits per heavy atom. The van der Waals surface area contributed by atoms with E-state index in [9.17, 15) is 18.8 Å². The first kappa shape index (κ1) is 31.7. The van der Waals surface area contributed by atoms with Gasteiger partial charge in [0.1, 0.15) is 24.6 Å². The molecule has 0 aliphatic carbocycles. The van der Waals surface area contributed by atoms with Crippen LogP contribution in [0, 0.1) is 5.82 Å². The van der Waals surface area contributed by atoms with E-state index >= 15 is 0 Å². The predicted molar refractivity (Wildman–Crippen MR) is 153 cm³/mol. The van der Waals surface area contributed by atoms with Crippen LogP contribution in [-0.2, 0) is 28.4 Å². The molecule has 0 saturated carbocycles. The SMILES string of the molecule is CCO[C@H]1O[C@H](COC(=O)Nc2ccc(F)cc2)[C@@H](OC(=O)c2ccccc2)[C@H](OC(=O)Nc2ccc(Cl)cc2)[C@H]1OC. The highest BCUT2D eigenvalue weighted by Crippen LogP contribution is 2.30. The van der Waals surface area contributed by atoms with Crippen LogP contribution in [0.3, 0.4) is 0 Å². The first-order valence-electron chi connectivity index (χ1n) is 13.3. The Kier molecular flexibility index (Phi) is 11.3. The van der Waals surface area contributed by atoms with Gasteiger partial charge in [-0.05, 0) is 67.6 Å². The van der Waals surface area contributed by atoms with Crippen molar-refractivity contribution in [1.29, 1.82) is 0 Å². The van der Waals surface area contributed by atoms with Crippen LogP contribution < -0.4 is 10.6 Å². The lowest BCUT2D eigenvalue weighted by Crippen LogP contribution is -2.62. The van der Waals surface area contributed by atoms with Crippen LogP contribution >= 0.6 is 11.6 Å². The van der Waals surface area contributed by atoms with E-state index in [1.54, 1.807) is 61.5 Å². The predicted octanol–water partition coefficient (Wildman–Crippen LogP) is 5.65. The van der Waals surface area contributed by atoms with Gasteiger partial charge < -0.3 is 28.4 Å². The summed E-state index contributed by atoms with van der Waals surface area (Å²) in [6, 6.07) is 19.5. The second-order valence-corrected chi connectivity index (χ2v) is 9.60. The molecule has 2 amide bonds. The maximum absolute atomic E-state index is 13.2. The molecule has 3 aromatic rings. The number of methoxy groups -OCH3 is 1. The summed E-state index contributed by atoms with van der Waals surface area (Å²) in [5.74, 6) is -1.22. The molecule has 0 unspecified atom stereocenters. The van der Waals surface area contributed by atoms with Gasteiger partial charge in [-0.3, -0.25) is 10.6 Å². The van der Waals surface area contributed by atoms with Gasteiger partial charge in [0.25, 0.3) is 0 Å². The molecule has 1 aliphatic rings. The minimum absolute atomic E-state index is 0.196. The van der Waals surface area contributed by atoms with Gasteiger partial charge >= 0.3 is 18.2 Å². The molecule has 0 bridgehead atoms. The summed E-state index contributed by atoms with van der Waals surface area (Å²) in [6.07, 6.45) is -7.67. The molecular weight excluding hydrogens is 587 g/mol. The van der Waals surface area contributed by atoms with E-state index in [4.69, 9.17) is 40.0 Å². The highest BCUT2D eigenvalue weighted by Gasteiger charge is 2.52. The number of hydrogen-bond donors (Lipinski definition) is 2. The van der Waals surface area contributed by atoms with Crippen LogP contribution in [0.2, 0.25) is 5.02 Å². The highest BCUT2D eigenvalue weighted by molar-refractivity contribution is 6.30. The van der Waals surface area contributed by atoms with Crippen molar-refractivity contribution < 1.29 is 47.2 Å². The van der Waals surface area contributed by atoms with E-state index in [1.165, 1.54) is 31.4 Å². The normalized spacial score (nSPS) is 21.3. The van der Waals surface area contributed by atoms with Crippen molar-refractivity contribution in [3.63, 3.8) is 0 Å².